The smallest absolute Gasteiger partial charge is 0.276 e. The van der Waals surface area contributed by atoms with Crippen LogP contribution in [0.5, 0.6) is 0 Å². The number of carbonyl (C=O) groups excluding carboxylic acids is 2. The molecule has 1 saturated heterocycles. The summed E-state index contributed by atoms with van der Waals surface area (Å²) in [5, 5.41) is 2.83. The standard InChI is InChI=1S/C19H21N5O3/c25-18(22-12-3-1-4-20-7-12)17-15-8-23(5-2-6-24(15)11-21-17)19(26)16-13-9-27-10-14(13)16/h1,3-4,7,11,13-14,16H,2,5-6,8-10H2,(H,22,25)/t13-,14+,16?. The molecule has 5 rings (SSSR count). The first kappa shape index (κ1) is 16.4. The lowest BCUT2D eigenvalue weighted by Gasteiger charge is -2.21. The van der Waals surface area contributed by atoms with Crippen LogP contribution in [0.1, 0.15) is 22.6 Å². The first-order chi connectivity index (χ1) is 13.2. The second kappa shape index (κ2) is 6.45. The lowest BCUT2D eigenvalue weighted by molar-refractivity contribution is -0.134. The van der Waals surface area contributed by atoms with Gasteiger partial charge in [-0.1, -0.05) is 0 Å². The molecule has 8 nitrogen and oxygen atoms in total. The van der Waals surface area contributed by atoms with Gasteiger partial charge in [-0.3, -0.25) is 14.6 Å². The van der Waals surface area contributed by atoms with E-state index in [1.54, 1.807) is 30.9 Å². The Morgan fingerprint density at radius 2 is 2.07 bits per heavy atom. The van der Waals surface area contributed by atoms with Crippen LogP contribution in [0.4, 0.5) is 5.69 Å². The average molecular weight is 367 g/mol. The van der Waals surface area contributed by atoms with Crippen molar-refractivity contribution in [2.24, 2.45) is 17.8 Å². The molecule has 1 unspecified atom stereocenters. The average Bonchev–Trinajstić information content (AvgIpc) is 3.00. The Hall–Kier alpha value is -2.74. The number of imidazole rings is 1. The molecule has 0 radical (unpaired) electrons. The summed E-state index contributed by atoms with van der Waals surface area (Å²) in [6, 6.07) is 3.54. The fourth-order valence-electron chi connectivity index (χ4n) is 4.28. The number of pyridine rings is 1. The van der Waals surface area contributed by atoms with Gasteiger partial charge in [-0.15, -0.1) is 0 Å². The van der Waals surface area contributed by atoms with Crippen molar-refractivity contribution in [3.8, 4) is 0 Å². The monoisotopic (exact) mass is 367 g/mol. The minimum absolute atomic E-state index is 0.0980. The molecule has 0 aromatic carbocycles. The first-order valence-corrected chi connectivity index (χ1v) is 9.34. The molecule has 2 aliphatic heterocycles. The van der Waals surface area contributed by atoms with E-state index in [1.807, 2.05) is 9.47 Å². The second-order valence-electron chi connectivity index (χ2n) is 7.43. The summed E-state index contributed by atoms with van der Waals surface area (Å²) in [7, 11) is 0. The molecule has 2 fully saturated rings. The predicted molar refractivity (Wildman–Crippen MR) is 95.7 cm³/mol. The zero-order chi connectivity index (χ0) is 18.4. The van der Waals surface area contributed by atoms with Crippen molar-refractivity contribution in [3.63, 3.8) is 0 Å². The van der Waals surface area contributed by atoms with Crippen molar-refractivity contribution in [1.82, 2.24) is 19.4 Å². The summed E-state index contributed by atoms with van der Waals surface area (Å²) in [6.45, 7) is 3.29. The van der Waals surface area contributed by atoms with E-state index in [9.17, 15) is 9.59 Å². The Morgan fingerprint density at radius 3 is 2.85 bits per heavy atom. The van der Waals surface area contributed by atoms with E-state index < -0.39 is 0 Å². The van der Waals surface area contributed by atoms with Gasteiger partial charge in [-0.25, -0.2) is 4.98 Å². The van der Waals surface area contributed by atoms with Crippen molar-refractivity contribution in [3.05, 3.63) is 42.2 Å². The highest BCUT2D eigenvalue weighted by molar-refractivity contribution is 6.03. The Labute approximate surface area is 156 Å². The number of nitrogens with zero attached hydrogens (tertiary/aromatic N) is 4. The first-order valence-electron chi connectivity index (χ1n) is 9.34. The van der Waals surface area contributed by atoms with Crippen LogP contribution in [-0.2, 0) is 22.6 Å². The lowest BCUT2D eigenvalue weighted by atomic mass is 10.2. The minimum Gasteiger partial charge on any atom is -0.381 e. The summed E-state index contributed by atoms with van der Waals surface area (Å²) < 4.78 is 7.40. The predicted octanol–water partition coefficient (Wildman–Crippen LogP) is 1.16. The van der Waals surface area contributed by atoms with Crippen LogP contribution < -0.4 is 5.32 Å². The molecular weight excluding hydrogens is 346 g/mol. The third-order valence-corrected chi connectivity index (χ3v) is 5.80. The SMILES string of the molecule is O=C(Nc1cccnc1)c1ncn2c1CN(C(=O)C1[C@H]3COC[C@@H]13)CCC2. The number of hydrogen-bond acceptors (Lipinski definition) is 5. The molecule has 2 aromatic heterocycles. The lowest BCUT2D eigenvalue weighted by Crippen LogP contribution is -2.34. The Morgan fingerprint density at radius 1 is 1.22 bits per heavy atom. The molecule has 8 heteroatoms. The zero-order valence-corrected chi connectivity index (χ0v) is 14.9. The van der Waals surface area contributed by atoms with Gasteiger partial charge in [-0.05, 0) is 30.4 Å². The van der Waals surface area contributed by atoms with Crippen LogP contribution in [0.2, 0.25) is 0 Å². The topological polar surface area (TPSA) is 89.4 Å². The number of aromatic nitrogens is 3. The highest BCUT2D eigenvalue weighted by Crippen LogP contribution is 2.51. The normalized spacial score (nSPS) is 26.1. The maximum absolute atomic E-state index is 13.0. The van der Waals surface area contributed by atoms with Gasteiger partial charge in [0.25, 0.3) is 5.91 Å². The molecule has 1 saturated carbocycles. The summed E-state index contributed by atoms with van der Waals surface area (Å²) in [4.78, 5) is 35.9. The Kier molecular flexibility index (Phi) is 3.93. The molecule has 3 atom stereocenters. The number of aryl methyl sites for hydroxylation is 1. The number of nitrogens with one attached hydrogen (secondary N) is 1. The number of amides is 2. The molecule has 2 amide bonds. The van der Waals surface area contributed by atoms with Crippen LogP contribution >= 0.6 is 0 Å². The molecular formula is C19H21N5O3. The van der Waals surface area contributed by atoms with E-state index in [-0.39, 0.29) is 17.7 Å². The quantitative estimate of drug-likeness (QED) is 0.879. The third-order valence-electron chi connectivity index (χ3n) is 5.80. The van der Waals surface area contributed by atoms with Crippen LogP contribution in [-0.4, -0.2) is 51.0 Å². The van der Waals surface area contributed by atoms with Crippen molar-refractivity contribution < 1.29 is 14.3 Å². The summed E-state index contributed by atoms with van der Waals surface area (Å²) in [5.41, 5.74) is 1.79. The van der Waals surface area contributed by atoms with Crippen molar-refractivity contribution >= 4 is 17.5 Å². The number of carbonyl (C=O) groups is 2. The van der Waals surface area contributed by atoms with E-state index in [1.165, 1.54) is 0 Å². The van der Waals surface area contributed by atoms with Gasteiger partial charge in [0.05, 0.1) is 43.7 Å². The number of hydrogen-bond donors (Lipinski definition) is 1. The van der Waals surface area contributed by atoms with E-state index in [0.717, 1.165) is 18.7 Å². The van der Waals surface area contributed by atoms with Crippen LogP contribution in [0.3, 0.4) is 0 Å². The molecule has 0 spiro atoms. The van der Waals surface area contributed by atoms with Gasteiger partial charge in [0.2, 0.25) is 5.91 Å². The highest BCUT2D eigenvalue weighted by atomic mass is 16.5. The Balaban J connectivity index is 1.35. The zero-order valence-electron chi connectivity index (χ0n) is 14.9. The van der Waals surface area contributed by atoms with Crippen LogP contribution in [0.15, 0.2) is 30.9 Å². The van der Waals surface area contributed by atoms with Crippen molar-refractivity contribution in [2.75, 3.05) is 25.1 Å². The molecule has 3 aliphatic rings. The maximum Gasteiger partial charge on any atom is 0.276 e. The van der Waals surface area contributed by atoms with E-state index >= 15 is 0 Å². The fraction of sp³-hybridized carbons (Fsp3) is 0.474. The highest BCUT2D eigenvalue weighted by Gasteiger charge is 2.59. The molecule has 0 bridgehead atoms. The number of ether oxygens (including phenoxy) is 1. The van der Waals surface area contributed by atoms with Gasteiger partial charge >= 0.3 is 0 Å². The van der Waals surface area contributed by atoms with Crippen molar-refractivity contribution in [2.45, 2.75) is 19.5 Å². The number of rotatable bonds is 3. The largest absolute Gasteiger partial charge is 0.381 e. The van der Waals surface area contributed by atoms with Crippen LogP contribution in [0, 0.1) is 17.8 Å². The van der Waals surface area contributed by atoms with Gasteiger partial charge < -0.3 is 19.5 Å². The van der Waals surface area contributed by atoms with Crippen LogP contribution in [0.25, 0.3) is 0 Å². The molecule has 1 N–H and O–H groups in total. The molecule has 140 valence electrons. The van der Waals surface area contributed by atoms with Gasteiger partial charge in [0.15, 0.2) is 5.69 Å². The Bertz CT molecular complexity index is 871. The van der Waals surface area contributed by atoms with Gasteiger partial charge in [0, 0.05) is 25.2 Å². The minimum atomic E-state index is -0.275. The summed E-state index contributed by atoms with van der Waals surface area (Å²) in [6.07, 6.45) is 5.80. The maximum atomic E-state index is 13.0. The summed E-state index contributed by atoms with van der Waals surface area (Å²) in [5.74, 6) is 0.795. The molecule has 1 aliphatic carbocycles. The van der Waals surface area contributed by atoms with Gasteiger partial charge in [0.1, 0.15) is 0 Å². The number of anilines is 1. The van der Waals surface area contributed by atoms with Crippen molar-refractivity contribution in [1.29, 1.82) is 0 Å². The molecule has 27 heavy (non-hydrogen) atoms. The fourth-order valence-corrected chi connectivity index (χ4v) is 4.28. The third kappa shape index (κ3) is 2.90. The van der Waals surface area contributed by atoms with E-state index in [2.05, 4.69) is 15.3 Å². The van der Waals surface area contributed by atoms with Gasteiger partial charge in [-0.2, -0.15) is 0 Å². The second-order valence-corrected chi connectivity index (χ2v) is 7.43. The van der Waals surface area contributed by atoms with E-state index in [4.69, 9.17) is 4.74 Å². The molecule has 2 aromatic rings. The molecule has 4 heterocycles. The number of fused-ring (bicyclic) bond motifs is 2. The van der Waals surface area contributed by atoms with E-state index in [0.29, 0.717) is 49.5 Å². The summed E-state index contributed by atoms with van der Waals surface area (Å²) >= 11 is 0.